The average molecular weight is 392 g/mol. The van der Waals surface area contributed by atoms with E-state index >= 15 is 0 Å². The number of hydrogen-bond donors (Lipinski definition) is 0. The van der Waals surface area contributed by atoms with E-state index in [-0.39, 0.29) is 86.5 Å². The van der Waals surface area contributed by atoms with Crippen LogP contribution in [0.5, 0.6) is 0 Å². The average Bonchev–Trinajstić information content (AvgIpc) is 0. The molecule has 0 aliphatic rings. The molecule has 0 rings (SSSR count). The first-order valence-corrected chi connectivity index (χ1v) is 0. The second-order valence-corrected chi connectivity index (χ2v) is 0. The van der Waals surface area contributed by atoms with Crippen LogP contribution in [-0.4, -0.2) is 86.5 Å². The molecule has 0 atom stereocenters. The maximum atomic E-state index is 0. The van der Waals surface area contributed by atoms with E-state index in [0.717, 1.165) is 0 Å². The van der Waals surface area contributed by atoms with Gasteiger partial charge in [-0.25, -0.2) is 0 Å². The van der Waals surface area contributed by atoms with Crippen molar-refractivity contribution in [1.82, 2.24) is 0 Å². The Morgan fingerprint density at radius 3 is 0.600 bits per heavy atom. The van der Waals surface area contributed by atoms with Gasteiger partial charge in [0.2, 0.25) is 0 Å². The minimum absolute atomic E-state index is 0. The summed E-state index contributed by atoms with van der Waals surface area (Å²) in [7, 11) is 0. The van der Waals surface area contributed by atoms with Crippen molar-refractivity contribution in [3.63, 3.8) is 0 Å². The van der Waals surface area contributed by atoms with Gasteiger partial charge in [0.1, 0.15) is 0 Å². The summed E-state index contributed by atoms with van der Waals surface area (Å²) >= 11 is 0. The van der Waals surface area contributed by atoms with Gasteiger partial charge in [-0.2, -0.15) is 0 Å². The van der Waals surface area contributed by atoms with Crippen LogP contribution in [0.4, 0.5) is 0 Å². The molecule has 0 amide bonds. The predicted molar refractivity (Wildman–Crippen MR) is 35.6 cm³/mol. The van der Waals surface area contributed by atoms with Crippen molar-refractivity contribution in [3.05, 3.63) is 0 Å². The van der Waals surface area contributed by atoms with Crippen LogP contribution in [0.2, 0.25) is 0 Å². The molecule has 0 saturated carbocycles. The molecule has 0 saturated heterocycles. The van der Waals surface area contributed by atoms with E-state index in [1.165, 1.54) is 0 Å². The van der Waals surface area contributed by atoms with E-state index < -0.39 is 0 Å². The Morgan fingerprint density at radius 1 is 0.600 bits per heavy atom. The fourth-order valence-electron chi connectivity index (χ4n) is 0. The van der Waals surface area contributed by atoms with Crippen LogP contribution in [0.15, 0.2) is 0 Å². The summed E-state index contributed by atoms with van der Waals surface area (Å²) in [6.45, 7) is 0. The van der Waals surface area contributed by atoms with Crippen molar-refractivity contribution in [1.29, 1.82) is 0 Å². The predicted octanol–water partition coefficient (Wildman–Crippen LogP) is -4.93. The quantitative estimate of drug-likeness (QED) is 0.371. The van der Waals surface area contributed by atoms with Crippen LogP contribution in [0.3, 0.4) is 0 Å². The van der Waals surface area contributed by atoms with Crippen LogP contribution in [0, 0.1) is 0 Å². The van der Waals surface area contributed by atoms with E-state index in [9.17, 15) is 0 Å². The van der Waals surface area contributed by atoms with Crippen molar-refractivity contribution in [2.24, 2.45) is 0 Å². The van der Waals surface area contributed by atoms with Crippen LogP contribution >= 0.6 is 0 Å². The molecule has 0 unspecified atom stereocenters. The maximum absolute atomic E-state index is 0. The molecule has 5 heteroatoms. The van der Waals surface area contributed by atoms with Gasteiger partial charge >= 0.3 is 75.6 Å². The molecule has 0 aromatic heterocycles. The van der Waals surface area contributed by atoms with Crippen molar-refractivity contribution < 1.29 is 11.0 Å². The zero-order valence-electron chi connectivity index (χ0n) is 1.71. The summed E-state index contributed by atoms with van der Waals surface area (Å²) in [5.41, 5.74) is 0. The summed E-state index contributed by atoms with van der Waals surface area (Å²) in [6, 6.07) is 0. The van der Waals surface area contributed by atoms with Gasteiger partial charge in [0.05, 0.1) is 0 Å². The van der Waals surface area contributed by atoms with Gasteiger partial charge in [0, 0.05) is 0 Å². The second-order valence-electron chi connectivity index (χ2n) is 0. The van der Waals surface area contributed by atoms with Gasteiger partial charge in [0.25, 0.3) is 0 Å². The zero-order valence-corrected chi connectivity index (χ0v) is 5.74. The Hall–Kier alpha value is 2.46. The molecule has 2 nitrogen and oxygen atoms in total. The molecule has 34 valence electrons. The van der Waals surface area contributed by atoms with Gasteiger partial charge in [-0.1, -0.05) is 0 Å². The van der Waals surface area contributed by atoms with Crippen molar-refractivity contribution in [2.45, 2.75) is 0 Å². The van der Waals surface area contributed by atoms with Crippen LogP contribution in [0.1, 0.15) is 0 Å². The normalized spacial score (nSPS) is 0. The molecule has 4 N–H and O–H groups in total. The Labute approximate surface area is 85.2 Å². The first-order valence-electron chi connectivity index (χ1n) is 0. The van der Waals surface area contributed by atoms with Gasteiger partial charge < -0.3 is 11.0 Å². The fourth-order valence-corrected chi connectivity index (χ4v) is 0. The summed E-state index contributed by atoms with van der Waals surface area (Å²) < 4.78 is 0. The standard InChI is InChI=1S/2In.2H2O.Sn.8H/h;;2*1H2;;;;;;;;;. The Bertz CT molecular complexity index is 7.61. The van der Waals surface area contributed by atoms with E-state index in [0.29, 0.717) is 0 Å². The van der Waals surface area contributed by atoms with Gasteiger partial charge in [-0.05, 0) is 0 Å². The van der Waals surface area contributed by atoms with E-state index in [1.807, 2.05) is 0 Å². The van der Waals surface area contributed by atoms with Gasteiger partial charge in [-0.15, -0.1) is 0 Å². The van der Waals surface area contributed by atoms with E-state index in [4.69, 9.17) is 0 Å². The molecular formula is H12In2O2Sn. The van der Waals surface area contributed by atoms with E-state index in [2.05, 4.69) is 0 Å². The monoisotopic (exact) mass is 394 g/mol. The number of rotatable bonds is 0. The molecule has 0 aliphatic heterocycles. The van der Waals surface area contributed by atoms with Gasteiger partial charge in [0.15, 0.2) is 0 Å². The second kappa shape index (κ2) is 31.8. The van der Waals surface area contributed by atoms with Crippen LogP contribution in [0.25, 0.3) is 0 Å². The molecule has 0 aromatic rings. The molecule has 0 aliphatic carbocycles. The molecule has 0 fully saturated rings. The first kappa shape index (κ1) is 51.5. The molecule has 0 spiro atoms. The molecular weight excluding hydrogens is 380 g/mol. The molecule has 5 heavy (non-hydrogen) atoms. The van der Waals surface area contributed by atoms with Crippen LogP contribution in [-0.2, 0) is 0 Å². The molecule has 0 bridgehead atoms. The van der Waals surface area contributed by atoms with Crippen molar-refractivity contribution >= 4 is 75.6 Å². The van der Waals surface area contributed by atoms with Gasteiger partial charge in [-0.3, -0.25) is 0 Å². The minimum atomic E-state index is 0. The molecule has 0 aromatic carbocycles. The summed E-state index contributed by atoms with van der Waals surface area (Å²) in [5, 5.41) is 0. The summed E-state index contributed by atoms with van der Waals surface area (Å²) in [4.78, 5) is 0. The fraction of sp³-hybridized carbons (Fsp3) is 0. The SMILES string of the molecule is O.O.[InH3].[InH3].[SnH2]. The summed E-state index contributed by atoms with van der Waals surface area (Å²) in [5.74, 6) is 0. The topological polar surface area (TPSA) is 63.0 Å². The Balaban J connectivity index is 0. The zero-order chi connectivity index (χ0) is 0. The third kappa shape index (κ3) is 21.2. The third-order valence-corrected chi connectivity index (χ3v) is 0. The Morgan fingerprint density at radius 2 is 0.600 bits per heavy atom. The summed E-state index contributed by atoms with van der Waals surface area (Å²) in [6.07, 6.45) is 0. The van der Waals surface area contributed by atoms with Crippen molar-refractivity contribution in [3.8, 4) is 0 Å². The first-order chi connectivity index (χ1) is 0. The van der Waals surface area contributed by atoms with Crippen molar-refractivity contribution in [2.75, 3.05) is 0 Å². The third-order valence-electron chi connectivity index (χ3n) is 0. The number of hydrogen-bond acceptors (Lipinski definition) is 0. The molecule has 2 radical (unpaired) electrons. The Kier molecular flexibility index (Phi) is 328. The molecule has 0 heterocycles. The van der Waals surface area contributed by atoms with E-state index in [1.54, 1.807) is 0 Å². The van der Waals surface area contributed by atoms with Crippen LogP contribution < -0.4 is 0 Å².